The molecule has 1 aromatic carbocycles. The molecule has 1 aliphatic carbocycles. The Labute approximate surface area is 197 Å². The van der Waals surface area contributed by atoms with Crippen LogP contribution < -0.4 is 19.8 Å². The quantitative estimate of drug-likeness (QED) is 0.655. The first-order chi connectivity index (χ1) is 16.4. The highest BCUT2D eigenvalue weighted by atomic mass is 16.6. The number of methoxy groups -OCH3 is 1. The van der Waals surface area contributed by atoms with Gasteiger partial charge in [-0.05, 0) is 30.9 Å². The molecular formula is C25H29NO8. The Morgan fingerprint density at radius 2 is 2.00 bits per heavy atom. The second kappa shape index (κ2) is 8.96. The Morgan fingerprint density at radius 1 is 1.21 bits per heavy atom. The number of hydrogen-bond donors (Lipinski definition) is 1. The van der Waals surface area contributed by atoms with Crippen molar-refractivity contribution in [2.75, 3.05) is 33.5 Å². The lowest BCUT2D eigenvalue weighted by molar-refractivity contribution is -0.101. The third-order valence-corrected chi connectivity index (χ3v) is 6.40. The Bertz CT molecular complexity index is 1160. The highest BCUT2D eigenvalue weighted by Crippen LogP contribution is 2.51. The largest absolute Gasteiger partial charge is 0.493 e. The Hall–Kier alpha value is -3.04. The molecule has 2 fully saturated rings. The number of carbonyl (C=O) groups is 1. The SMILES string of the molecule is COc1cc2c(cc1OCC1COCCO1)OC(C(C)C)c1cc(C(=O)O)c(=O)n(C3CC3)c1-2. The van der Waals surface area contributed by atoms with E-state index in [1.54, 1.807) is 23.8 Å². The van der Waals surface area contributed by atoms with Gasteiger partial charge < -0.3 is 33.4 Å². The highest BCUT2D eigenvalue weighted by Gasteiger charge is 2.38. The number of ether oxygens (including phenoxy) is 5. The molecule has 34 heavy (non-hydrogen) atoms. The normalized spacial score (nSPS) is 21.4. The van der Waals surface area contributed by atoms with Gasteiger partial charge in [-0.25, -0.2) is 4.79 Å². The summed E-state index contributed by atoms with van der Waals surface area (Å²) in [7, 11) is 1.55. The van der Waals surface area contributed by atoms with Gasteiger partial charge >= 0.3 is 5.97 Å². The fourth-order valence-corrected chi connectivity index (χ4v) is 4.60. The summed E-state index contributed by atoms with van der Waals surface area (Å²) in [5.74, 6) is 0.373. The van der Waals surface area contributed by atoms with Crippen LogP contribution in [0.5, 0.6) is 17.2 Å². The van der Waals surface area contributed by atoms with Crippen molar-refractivity contribution in [1.82, 2.24) is 4.57 Å². The Balaban J connectivity index is 1.63. The van der Waals surface area contributed by atoms with Gasteiger partial charge in [-0.3, -0.25) is 4.79 Å². The number of hydrogen-bond acceptors (Lipinski definition) is 7. The van der Waals surface area contributed by atoms with E-state index in [-0.39, 0.29) is 23.6 Å². The summed E-state index contributed by atoms with van der Waals surface area (Å²) in [5, 5.41) is 9.69. The van der Waals surface area contributed by atoms with Crippen molar-refractivity contribution in [3.63, 3.8) is 0 Å². The number of aromatic carboxylic acids is 1. The second-order valence-corrected chi connectivity index (χ2v) is 9.23. The highest BCUT2D eigenvalue weighted by molar-refractivity contribution is 5.89. The maximum Gasteiger partial charge on any atom is 0.341 e. The second-order valence-electron chi connectivity index (χ2n) is 9.23. The van der Waals surface area contributed by atoms with Crippen molar-refractivity contribution in [3.05, 3.63) is 39.7 Å². The van der Waals surface area contributed by atoms with Crippen molar-refractivity contribution in [2.24, 2.45) is 5.92 Å². The maximum atomic E-state index is 13.2. The number of aromatic nitrogens is 1. The molecule has 5 rings (SSSR count). The molecule has 2 aliphatic heterocycles. The summed E-state index contributed by atoms with van der Waals surface area (Å²) in [6.45, 7) is 5.89. The molecule has 1 saturated heterocycles. The maximum absolute atomic E-state index is 13.2. The van der Waals surface area contributed by atoms with E-state index in [4.69, 9.17) is 23.7 Å². The van der Waals surface area contributed by atoms with Crippen LogP contribution in [0.25, 0.3) is 11.3 Å². The van der Waals surface area contributed by atoms with Gasteiger partial charge in [-0.1, -0.05) is 13.8 Å². The number of pyridine rings is 1. The van der Waals surface area contributed by atoms with E-state index in [9.17, 15) is 14.7 Å². The molecule has 2 aromatic rings. The van der Waals surface area contributed by atoms with E-state index in [1.165, 1.54) is 6.07 Å². The molecule has 182 valence electrons. The zero-order valence-electron chi connectivity index (χ0n) is 19.5. The third-order valence-electron chi connectivity index (χ3n) is 6.40. The minimum atomic E-state index is -1.23. The lowest BCUT2D eigenvalue weighted by Gasteiger charge is -2.34. The average molecular weight is 472 g/mol. The van der Waals surface area contributed by atoms with Crippen LogP contribution in [-0.2, 0) is 9.47 Å². The number of fused-ring (bicyclic) bond motifs is 3. The summed E-state index contributed by atoms with van der Waals surface area (Å²) in [6, 6.07) is 5.04. The first-order valence-electron chi connectivity index (χ1n) is 11.6. The minimum Gasteiger partial charge on any atom is -0.493 e. The number of carboxylic acids is 1. The summed E-state index contributed by atoms with van der Waals surface area (Å²) >= 11 is 0. The predicted molar refractivity (Wildman–Crippen MR) is 122 cm³/mol. The minimum absolute atomic E-state index is 0.0234. The van der Waals surface area contributed by atoms with Crippen LogP contribution in [0.3, 0.4) is 0 Å². The van der Waals surface area contributed by atoms with Crippen LogP contribution in [-0.4, -0.2) is 55.3 Å². The number of carboxylic acid groups (broad SMARTS) is 1. The fourth-order valence-electron chi connectivity index (χ4n) is 4.60. The van der Waals surface area contributed by atoms with Gasteiger partial charge in [0.05, 0.1) is 32.6 Å². The van der Waals surface area contributed by atoms with Gasteiger partial charge in [0.25, 0.3) is 5.56 Å². The summed E-state index contributed by atoms with van der Waals surface area (Å²) in [5.41, 5.74) is 1.37. The van der Waals surface area contributed by atoms with Gasteiger partial charge in [0, 0.05) is 23.2 Å². The lowest BCUT2D eigenvalue weighted by Crippen LogP contribution is -2.33. The first-order valence-corrected chi connectivity index (χ1v) is 11.6. The molecule has 9 nitrogen and oxygen atoms in total. The molecule has 1 N–H and O–H groups in total. The van der Waals surface area contributed by atoms with Gasteiger partial charge in [0.2, 0.25) is 0 Å². The van der Waals surface area contributed by atoms with Crippen molar-refractivity contribution in [3.8, 4) is 28.5 Å². The van der Waals surface area contributed by atoms with Crippen LogP contribution in [0.1, 0.15) is 54.8 Å². The smallest absolute Gasteiger partial charge is 0.341 e. The van der Waals surface area contributed by atoms with E-state index in [2.05, 4.69) is 0 Å². The van der Waals surface area contributed by atoms with Gasteiger partial charge in [-0.2, -0.15) is 0 Å². The third kappa shape index (κ3) is 4.03. The predicted octanol–water partition coefficient (Wildman–Crippen LogP) is 3.44. The van der Waals surface area contributed by atoms with Gasteiger partial charge in [0.15, 0.2) is 11.5 Å². The molecule has 3 heterocycles. The van der Waals surface area contributed by atoms with Crippen LogP contribution in [0, 0.1) is 5.92 Å². The molecule has 2 unspecified atom stereocenters. The molecule has 0 spiro atoms. The summed E-state index contributed by atoms with van der Waals surface area (Å²) in [6.07, 6.45) is 1.08. The van der Waals surface area contributed by atoms with Crippen LogP contribution in [0.2, 0.25) is 0 Å². The van der Waals surface area contributed by atoms with Crippen LogP contribution in [0.4, 0.5) is 0 Å². The molecule has 3 aliphatic rings. The zero-order valence-corrected chi connectivity index (χ0v) is 19.5. The number of benzene rings is 1. The summed E-state index contributed by atoms with van der Waals surface area (Å²) in [4.78, 5) is 25.1. The first kappa shape index (κ1) is 22.7. The molecule has 1 saturated carbocycles. The summed E-state index contributed by atoms with van der Waals surface area (Å²) < 4.78 is 30.8. The standard InChI is InChI=1S/C25H29NO8/c1-13(2)23-17-8-18(25(28)29)24(27)26(14-4-5-14)22(17)16-9-20(30-3)21(10-19(16)34-23)33-12-15-11-31-6-7-32-15/h8-10,13-15,23H,4-7,11-12H2,1-3H3,(H,28,29). The van der Waals surface area contributed by atoms with Crippen molar-refractivity contribution in [1.29, 1.82) is 0 Å². The Kier molecular flexibility index (Phi) is 5.99. The topological polar surface area (TPSA) is 105 Å². The molecular weight excluding hydrogens is 442 g/mol. The van der Waals surface area contributed by atoms with Gasteiger partial charge in [0.1, 0.15) is 30.1 Å². The van der Waals surface area contributed by atoms with Gasteiger partial charge in [-0.15, -0.1) is 0 Å². The van der Waals surface area contributed by atoms with Crippen molar-refractivity contribution >= 4 is 5.97 Å². The molecule has 0 amide bonds. The number of nitrogens with zero attached hydrogens (tertiary/aromatic N) is 1. The molecule has 1 aromatic heterocycles. The van der Waals surface area contributed by atoms with E-state index < -0.39 is 17.6 Å². The molecule has 0 radical (unpaired) electrons. The van der Waals surface area contributed by atoms with E-state index in [0.717, 1.165) is 12.8 Å². The lowest BCUT2D eigenvalue weighted by atomic mass is 9.89. The van der Waals surface area contributed by atoms with Crippen molar-refractivity contribution in [2.45, 2.75) is 44.9 Å². The Morgan fingerprint density at radius 3 is 2.62 bits per heavy atom. The van der Waals surface area contributed by atoms with Crippen LogP contribution in [0.15, 0.2) is 23.0 Å². The van der Waals surface area contributed by atoms with E-state index in [0.29, 0.717) is 60.5 Å². The molecule has 2 atom stereocenters. The van der Waals surface area contributed by atoms with E-state index >= 15 is 0 Å². The number of rotatable bonds is 7. The average Bonchev–Trinajstić information content (AvgIpc) is 3.66. The fraction of sp³-hybridized carbons (Fsp3) is 0.520. The van der Waals surface area contributed by atoms with Crippen molar-refractivity contribution < 1.29 is 33.6 Å². The van der Waals surface area contributed by atoms with Crippen LogP contribution >= 0.6 is 0 Å². The molecule has 0 bridgehead atoms. The van der Waals surface area contributed by atoms with E-state index in [1.807, 2.05) is 13.8 Å². The zero-order chi connectivity index (χ0) is 24.0. The monoisotopic (exact) mass is 471 g/mol. The molecule has 9 heteroatoms.